The van der Waals surface area contributed by atoms with E-state index in [1.54, 1.807) is 12.3 Å². The van der Waals surface area contributed by atoms with E-state index < -0.39 is 42.5 Å². The zero-order valence-corrected chi connectivity index (χ0v) is 16.4. The quantitative estimate of drug-likeness (QED) is 0.526. The molecule has 0 radical (unpaired) electrons. The maximum atomic E-state index is 13.5. The van der Waals surface area contributed by atoms with Crippen LogP contribution < -0.4 is 16.4 Å². The molecule has 1 fully saturated rings. The number of nitrogens with one attached hydrogen (secondary N) is 2. The number of alkyl halides is 4. The number of hydrogen-bond acceptors (Lipinski definition) is 6. The zero-order valence-electron chi connectivity index (χ0n) is 16.4. The van der Waals surface area contributed by atoms with E-state index in [9.17, 15) is 22.4 Å². The molecule has 1 aliphatic carbocycles. The van der Waals surface area contributed by atoms with E-state index in [0.717, 1.165) is 0 Å². The Kier molecular flexibility index (Phi) is 5.29. The smallest absolute Gasteiger partial charge is 0.284 e. The van der Waals surface area contributed by atoms with Crippen molar-refractivity contribution in [2.45, 2.75) is 43.7 Å². The Hall–Kier alpha value is -3.22. The van der Waals surface area contributed by atoms with Crippen molar-refractivity contribution in [1.82, 2.24) is 24.4 Å². The van der Waals surface area contributed by atoms with Gasteiger partial charge in [0.15, 0.2) is 11.3 Å². The Labute approximate surface area is 173 Å². The van der Waals surface area contributed by atoms with Crippen LogP contribution in [0.5, 0.6) is 0 Å². The lowest BCUT2D eigenvalue weighted by Gasteiger charge is -2.34. The molecule has 2 atom stereocenters. The summed E-state index contributed by atoms with van der Waals surface area (Å²) in [6.07, 6.45) is 0.674. The number of nitrogens with zero attached hydrogens (tertiary/aromatic N) is 5. The molecule has 0 bridgehead atoms. The van der Waals surface area contributed by atoms with Gasteiger partial charge < -0.3 is 16.4 Å². The minimum atomic E-state index is -2.86. The number of carbonyl (C=O) groups excluding carboxylic acids is 1. The van der Waals surface area contributed by atoms with E-state index in [2.05, 4.69) is 25.8 Å². The molecular formula is C18H20F4N8O. The molecule has 0 aromatic carbocycles. The molecule has 3 aromatic heterocycles. The molecule has 0 saturated heterocycles. The van der Waals surface area contributed by atoms with E-state index in [0.29, 0.717) is 5.82 Å². The summed E-state index contributed by atoms with van der Waals surface area (Å²) < 4.78 is 55.8. The van der Waals surface area contributed by atoms with Crippen LogP contribution in [0.25, 0.3) is 5.65 Å². The summed E-state index contributed by atoms with van der Waals surface area (Å²) in [5.74, 6) is -3.14. The Morgan fingerprint density at radius 2 is 2.16 bits per heavy atom. The molecule has 13 heteroatoms. The van der Waals surface area contributed by atoms with Crippen molar-refractivity contribution in [3.63, 3.8) is 0 Å². The van der Waals surface area contributed by atoms with Crippen LogP contribution in [-0.2, 0) is 7.05 Å². The molecular weight excluding hydrogens is 420 g/mol. The molecule has 0 unspecified atom stereocenters. The Bertz CT molecular complexity index is 1110. The highest BCUT2D eigenvalue weighted by molar-refractivity contribution is 6.08. The van der Waals surface area contributed by atoms with Crippen LogP contribution in [-0.4, -0.2) is 48.3 Å². The van der Waals surface area contributed by atoms with Crippen molar-refractivity contribution in [3.8, 4) is 0 Å². The van der Waals surface area contributed by atoms with E-state index in [-0.39, 0.29) is 29.7 Å². The number of fused-ring (bicyclic) bond motifs is 1. The number of aromatic nitrogens is 5. The minimum Gasteiger partial charge on any atom is -0.366 e. The molecule has 3 aromatic rings. The monoisotopic (exact) mass is 440 g/mol. The first-order valence-electron chi connectivity index (χ1n) is 9.50. The summed E-state index contributed by atoms with van der Waals surface area (Å²) in [7, 11) is 1.46. The molecule has 0 spiro atoms. The SMILES string of the molecule is Cn1cc(NC(=O)c2cnn3ccc(N[C@@H]4CCC(F)(F)C[C@@H]4N)nc23)c(C(F)F)n1. The van der Waals surface area contributed by atoms with Gasteiger partial charge in [-0.05, 0) is 12.5 Å². The van der Waals surface area contributed by atoms with Gasteiger partial charge in [0, 0.05) is 44.4 Å². The summed E-state index contributed by atoms with van der Waals surface area (Å²) in [5.41, 5.74) is 5.42. The number of rotatable bonds is 5. The topological polar surface area (TPSA) is 115 Å². The average molecular weight is 440 g/mol. The van der Waals surface area contributed by atoms with Crippen LogP contribution in [0.15, 0.2) is 24.7 Å². The zero-order chi connectivity index (χ0) is 22.3. The third-order valence-electron chi connectivity index (χ3n) is 5.13. The van der Waals surface area contributed by atoms with Gasteiger partial charge in [-0.3, -0.25) is 9.48 Å². The molecule has 4 rings (SSSR count). The van der Waals surface area contributed by atoms with Gasteiger partial charge >= 0.3 is 0 Å². The normalized spacial score (nSPS) is 20.9. The summed E-state index contributed by atoms with van der Waals surface area (Å²) in [6, 6.07) is 0.420. The van der Waals surface area contributed by atoms with Gasteiger partial charge in [0.1, 0.15) is 11.4 Å². The lowest BCUT2D eigenvalue weighted by atomic mass is 9.88. The number of carbonyl (C=O) groups is 1. The summed E-state index contributed by atoms with van der Waals surface area (Å²) in [6.45, 7) is 0. The van der Waals surface area contributed by atoms with Crippen molar-refractivity contribution in [3.05, 3.63) is 35.9 Å². The first-order valence-corrected chi connectivity index (χ1v) is 9.50. The third kappa shape index (κ3) is 4.31. The van der Waals surface area contributed by atoms with Gasteiger partial charge in [-0.2, -0.15) is 10.2 Å². The average Bonchev–Trinajstić information content (AvgIpc) is 3.26. The van der Waals surface area contributed by atoms with Gasteiger partial charge in [0.2, 0.25) is 5.92 Å². The van der Waals surface area contributed by atoms with Crippen molar-refractivity contribution < 1.29 is 22.4 Å². The highest BCUT2D eigenvalue weighted by Crippen LogP contribution is 2.33. The van der Waals surface area contributed by atoms with E-state index >= 15 is 0 Å². The fourth-order valence-corrected chi connectivity index (χ4v) is 3.60. The van der Waals surface area contributed by atoms with Crippen LogP contribution >= 0.6 is 0 Å². The van der Waals surface area contributed by atoms with Crippen LogP contribution in [0.1, 0.15) is 41.7 Å². The molecule has 1 saturated carbocycles. The first-order chi connectivity index (χ1) is 14.6. The summed E-state index contributed by atoms with van der Waals surface area (Å²) in [4.78, 5) is 17.0. The second kappa shape index (κ2) is 7.80. The maximum Gasteiger partial charge on any atom is 0.284 e. The van der Waals surface area contributed by atoms with Gasteiger partial charge in [0.05, 0.1) is 11.9 Å². The van der Waals surface area contributed by atoms with Gasteiger partial charge in [-0.1, -0.05) is 0 Å². The minimum absolute atomic E-state index is 0.0483. The second-order valence-corrected chi connectivity index (χ2v) is 7.51. The van der Waals surface area contributed by atoms with Crippen LogP contribution in [0.2, 0.25) is 0 Å². The fraction of sp³-hybridized carbons (Fsp3) is 0.444. The molecule has 4 N–H and O–H groups in total. The Morgan fingerprint density at radius 1 is 1.39 bits per heavy atom. The molecule has 0 aliphatic heterocycles. The van der Waals surface area contributed by atoms with Crippen molar-refractivity contribution in [2.24, 2.45) is 12.8 Å². The van der Waals surface area contributed by atoms with Gasteiger partial charge in [0.25, 0.3) is 12.3 Å². The summed E-state index contributed by atoms with van der Waals surface area (Å²) in [5, 5.41) is 13.1. The number of hydrogen-bond donors (Lipinski definition) is 3. The second-order valence-electron chi connectivity index (χ2n) is 7.51. The van der Waals surface area contributed by atoms with Gasteiger partial charge in [-0.25, -0.2) is 27.1 Å². The lowest BCUT2D eigenvalue weighted by Crippen LogP contribution is -2.48. The number of amides is 1. The van der Waals surface area contributed by atoms with Crippen LogP contribution in [0.3, 0.4) is 0 Å². The highest BCUT2D eigenvalue weighted by atomic mass is 19.3. The van der Waals surface area contributed by atoms with E-state index in [1.807, 2.05) is 0 Å². The van der Waals surface area contributed by atoms with Crippen molar-refractivity contribution in [1.29, 1.82) is 0 Å². The molecule has 3 heterocycles. The largest absolute Gasteiger partial charge is 0.366 e. The molecule has 9 nitrogen and oxygen atoms in total. The number of anilines is 2. The molecule has 1 amide bonds. The third-order valence-corrected chi connectivity index (χ3v) is 5.13. The highest BCUT2D eigenvalue weighted by Gasteiger charge is 2.40. The van der Waals surface area contributed by atoms with Crippen molar-refractivity contribution in [2.75, 3.05) is 10.6 Å². The predicted octanol–water partition coefficient (Wildman–Crippen LogP) is 2.58. The number of nitrogens with two attached hydrogens (primary N) is 1. The van der Waals surface area contributed by atoms with Gasteiger partial charge in [-0.15, -0.1) is 0 Å². The van der Waals surface area contributed by atoms with Crippen LogP contribution in [0, 0.1) is 0 Å². The molecule has 31 heavy (non-hydrogen) atoms. The maximum absolute atomic E-state index is 13.5. The Balaban J connectivity index is 1.55. The standard InChI is InChI=1S/C18H20F4N8O/c1-29-8-12(14(28-29)15(19)20)26-17(31)9-7-24-30-5-3-13(27-16(9)30)25-11-2-4-18(21,22)6-10(11)23/h3,5,7-8,10-11,15H,2,4,6,23H2,1H3,(H,25,27)(H,26,31)/t10-,11+/m0/s1. The van der Waals surface area contributed by atoms with Crippen molar-refractivity contribution >= 4 is 23.1 Å². The van der Waals surface area contributed by atoms with E-state index in [4.69, 9.17) is 5.73 Å². The number of halogens is 4. The van der Waals surface area contributed by atoms with Crippen LogP contribution in [0.4, 0.5) is 29.1 Å². The fourth-order valence-electron chi connectivity index (χ4n) is 3.60. The van der Waals surface area contributed by atoms with E-state index in [1.165, 1.54) is 28.6 Å². The Morgan fingerprint density at radius 3 is 2.87 bits per heavy atom. The lowest BCUT2D eigenvalue weighted by molar-refractivity contribution is -0.0422. The predicted molar refractivity (Wildman–Crippen MR) is 103 cm³/mol. The number of aryl methyl sites for hydroxylation is 1. The molecule has 166 valence electrons. The summed E-state index contributed by atoms with van der Waals surface area (Å²) >= 11 is 0. The first kappa shape index (κ1) is 21.0. The molecule has 1 aliphatic rings.